The molecule has 0 saturated carbocycles. The Morgan fingerprint density at radius 1 is 0.344 bits per heavy atom. The molecule has 0 N–H and O–H groups in total. The maximum absolute atomic E-state index is 11.9. The number of rotatable bonds is 30. The molecule has 0 fully saturated rings. The second-order valence-electron chi connectivity index (χ2n) is 17.3. The van der Waals surface area contributed by atoms with Gasteiger partial charge in [-0.1, -0.05) is 193 Å². The molecule has 0 aliphatic rings. The van der Waals surface area contributed by atoms with E-state index in [1.165, 1.54) is 127 Å². The largest absolute Gasteiger partial charge is 2.00 e. The molecule has 0 amide bonds. The molecule has 0 unspecified atom stereocenters. The predicted molar refractivity (Wildman–Crippen MR) is 258 cm³/mol. The van der Waals surface area contributed by atoms with E-state index in [-0.39, 0.29) is 58.7 Å². The first kappa shape index (κ1) is 55.9. The summed E-state index contributed by atoms with van der Waals surface area (Å²) in [4.78, 5) is -0.0550. The molecule has 0 saturated heterocycles. The van der Waals surface area contributed by atoms with Gasteiger partial charge in [0.1, 0.15) is 20.2 Å². The smallest absolute Gasteiger partial charge is 0.744 e. The summed E-state index contributed by atoms with van der Waals surface area (Å²) in [6.45, 7) is 8.84. The summed E-state index contributed by atoms with van der Waals surface area (Å²) in [7, 11) is -8.94. The van der Waals surface area contributed by atoms with Gasteiger partial charge in [-0.15, -0.1) is 0 Å². The minimum absolute atomic E-state index is 0. The molecule has 336 valence electrons. The van der Waals surface area contributed by atoms with Crippen LogP contribution in [0, 0.1) is 0 Å². The molecule has 0 aliphatic heterocycles. The van der Waals surface area contributed by atoms with Crippen molar-refractivity contribution in [2.24, 2.45) is 0 Å². The number of aryl methyl sites for hydroxylation is 4. The number of fused-ring (bicyclic) bond motifs is 2. The van der Waals surface area contributed by atoms with E-state index < -0.39 is 20.2 Å². The van der Waals surface area contributed by atoms with Crippen LogP contribution in [0.3, 0.4) is 0 Å². The zero-order valence-corrected chi connectivity index (χ0v) is 44.6. The molecule has 0 atom stereocenters. The van der Waals surface area contributed by atoms with Crippen LogP contribution in [-0.2, 0) is 45.9 Å². The van der Waals surface area contributed by atoms with E-state index >= 15 is 0 Å². The Labute approximate surface area is 412 Å². The predicted octanol–water partition coefficient (Wildman–Crippen LogP) is 14.7. The molecule has 4 aromatic carbocycles. The van der Waals surface area contributed by atoms with Gasteiger partial charge < -0.3 is 9.11 Å². The van der Waals surface area contributed by atoms with Gasteiger partial charge in [-0.3, -0.25) is 0 Å². The van der Waals surface area contributed by atoms with E-state index in [1.807, 2.05) is 12.1 Å². The average Bonchev–Trinajstić information content (AvgIpc) is 3.22. The van der Waals surface area contributed by atoms with Gasteiger partial charge in [0.15, 0.2) is 0 Å². The quantitative estimate of drug-likeness (QED) is 0.0292. The molecule has 9 heteroatoms. The fraction of sp³-hybridized carbons (Fsp3) is 0.615. The Kier molecular flexibility index (Phi) is 29.0. The van der Waals surface area contributed by atoms with Gasteiger partial charge in [0.05, 0.1) is 9.79 Å². The van der Waals surface area contributed by atoms with Crippen molar-refractivity contribution in [2.45, 2.75) is 217 Å². The van der Waals surface area contributed by atoms with Crippen molar-refractivity contribution < 1.29 is 25.9 Å². The molecule has 0 aliphatic carbocycles. The number of hydrogen-bond acceptors (Lipinski definition) is 6. The maximum atomic E-state index is 11.9. The van der Waals surface area contributed by atoms with Crippen LogP contribution in [0.25, 0.3) is 21.5 Å². The molecular formula is C52H78BaO6S2. The van der Waals surface area contributed by atoms with Gasteiger partial charge in [0.25, 0.3) is 0 Å². The number of unbranched alkanes of at least 4 members (excludes halogenated alkanes) is 20. The van der Waals surface area contributed by atoms with Crippen LogP contribution in [0.1, 0.15) is 204 Å². The van der Waals surface area contributed by atoms with Gasteiger partial charge in [0.2, 0.25) is 0 Å². The van der Waals surface area contributed by atoms with Crippen LogP contribution in [0.2, 0.25) is 0 Å². The summed E-state index contributed by atoms with van der Waals surface area (Å²) in [5.41, 5.74) is 3.79. The van der Waals surface area contributed by atoms with Crippen molar-refractivity contribution >= 4 is 90.7 Å². The molecular weight excluding hydrogens is 922 g/mol. The Bertz CT molecular complexity index is 1900. The second kappa shape index (κ2) is 31.6. The molecule has 0 radical (unpaired) electrons. The third-order valence-electron chi connectivity index (χ3n) is 11.9. The second-order valence-corrected chi connectivity index (χ2v) is 20.0. The van der Waals surface area contributed by atoms with Gasteiger partial charge in [-0.05, 0) is 119 Å². The van der Waals surface area contributed by atoms with Crippen molar-refractivity contribution in [3.8, 4) is 0 Å². The third-order valence-corrected chi connectivity index (χ3v) is 13.8. The first-order chi connectivity index (χ1) is 28.9. The van der Waals surface area contributed by atoms with Crippen molar-refractivity contribution in [3.63, 3.8) is 0 Å². The van der Waals surface area contributed by atoms with E-state index in [9.17, 15) is 25.9 Å². The summed E-state index contributed by atoms with van der Waals surface area (Å²) >= 11 is 0. The molecule has 0 aromatic heterocycles. The van der Waals surface area contributed by atoms with Gasteiger partial charge in [-0.2, -0.15) is 0 Å². The van der Waals surface area contributed by atoms with E-state index in [0.29, 0.717) is 24.0 Å². The molecule has 4 rings (SSSR count). The Morgan fingerprint density at radius 3 is 0.918 bits per heavy atom. The molecule has 61 heavy (non-hydrogen) atoms. The average molecular weight is 1000 g/mol. The van der Waals surface area contributed by atoms with E-state index in [0.717, 1.165) is 72.9 Å². The van der Waals surface area contributed by atoms with Crippen LogP contribution < -0.4 is 0 Å². The Morgan fingerprint density at radius 2 is 0.623 bits per heavy atom. The fourth-order valence-corrected chi connectivity index (χ4v) is 9.83. The van der Waals surface area contributed by atoms with Crippen molar-refractivity contribution in [1.82, 2.24) is 0 Å². The standard InChI is InChI=1S/2C26H40O3S.Ba/c2*1-3-5-7-9-11-13-15-22-17-18-23-20-24(16-14-12-10-8-6-4-2)26(30(27,28)29)21-25(23)19-22;/h2*17-21H,3-16H2,1-2H3,(H,27,28,29);/q;;+2/p-2. The van der Waals surface area contributed by atoms with Crippen LogP contribution in [0.4, 0.5) is 0 Å². The van der Waals surface area contributed by atoms with E-state index in [4.69, 9.17) is 0 Å². The van der Waals surface area contributed by atoms with Crippen molar-refractivity contribution in [2.75, 3.05) is 0 Å². The Hall–Kier alpha value is -1.21. The van der Waals surface area contributed by atoms with E-state index in [2.05, 4.69) is 64.1 Å². The minimum atomic E-state index is -4.47. The van der Waals surface area contributed by atoms with Gasteiger partial charge in [0, 0.05) is 0 Å². The minimum Gasteiger partial charge on any atom is -0.744 e. The summed E-state index contributed by atoms with van der Waals surface area (Å²) in [6.07, 6.45) is 32.1. The topological polar surface area (TPSA) is 114 Å². The van der Waals surface area contributed by atoms with Crippen molar-refractivity contribution in [1.29, 1.82) is 0 Å². The fourth-order valence-electron chi connectivity index (χ4n) is 8.32. The van der Waals surface area contributed by atoms with Crippen LogP contribution in [-0.4, -0.2) is 74.8 Å². The summed E-state index contributed by atoms with van der Waals surface area (Å²) in [5, 5.41) is 3.77. The van der Waals surface area contributed by atoms with Gasteiger partial charge >= 0.3 is 48.9 Å². The van der Waals surface area contributed by atoms with Crippen LogP contribution in [0.5, 0.6) is 0 Å². The number of hydrogen-bond donors (Lipinski definition) is 0. The Balaban J connectivity index is 0.000000413. The third kappa shape index (κ3) is 22.0. The molecule has 6 nitrogen and oxygen atoms in total. The zero-order valence-electron chi connectivity index (χ0n) is 38.5. The first-order valence-electron chi connectivity index (χ1n) is 23.9. The molecule has 0 bridgehead atoms. The van der Waals surface area contributed by atoms with Crippen molar-refractivity contribution in [3.05, 3.63) is 82.9 Å². The molecule has 0 spiro atoms. The summed E-state index contributed by atoms with van der Waals surface area (Å²) < 4.78 is 71.4. The normalized spacial score (nSPS) is 11.8. The first-order valence-corrected chi connectivity index (χ1v) is 26.8. The summed E-state index contributed by atoms with van der Waals surface area (Å²) in [5.74, 6) is 0. The molecule has 0 heterocycles. The summed E-state index contributed by atoms with van der Waals surface area (Å²) in [6, 6.07) is 19.6. The zero-order chi connectivity index (χ0) is 43.6. The SMILES string of the molecule is CCCCCCCCc1ccc2cc(CCCCCCCC)c(S(=O)(=O)[O-])cc2c1.CCCCCCCCc1ccc2cc(CCCCCCCC)c(S(=O)(=O)[O-])cc2c1.[Ba+2]. The monoisotopic (exact) mass is 1000 g/mol. The number of benzene rings is 4. The maximum Gasteiger partial charge on any atom is 2.00 e. The van der Waals surface area contributed by atoms with Crippen LogP contribution in [0.15, 0.2) is 70.5 Å². The van der Waals surface area contributed by atoms with E-state index in [1.54, 1.807) is 12.1 Å². The van der Waals surface area contributed by atoms with Gasteiger partial charge in [-0.25, -0.2) is 16.8 Å². The van der Waals surface area contributed by atoms with Crippen LogP contribution >= 0.6 is 0 Å². The molecule has 4 aromatic rings.